The van der Waals surface area contributed by atoms with Gasteiger partial charge in [-0.2, -0.15) is 0 Å². The number of nitrogens with zero attached hydrogens (tertiary/aromatic N) is 3. The lowest BCUT2D eigenvalue weighted by atomic mass is 9.95. The normalized spacial score (nSPS) is 19.8. The van der Waals surface area contributed by atoms with Crippen molar-refractivity contribution in [3.8, 4) is 0 Å². The second-order valence-corrected chi connectivity index (χ2v) is 9.58. The van der Waals surface area contributed by atoms with Gasteiger partial charge in [0, 0.05) is 31.2 Å². The highest BCUT2D eigenvalue weighted by Crippen LogP contribution is 2.42. The Hall–Kier alpha value is -2.26. The van der Waals surface area contributed by atoms with E-state index in [1.54, 1.807) is 30.0 Å². The summed E-state index contributed by atoms with van der Waals surface area (Å²) < 4.78 is 5.39. The summed E-state index contributed by atoms with van der Waals surface area (Å²) in [7, 11) is 0. The summed E-state index contributed by atoms with van der Waals surface area (Å²) >= 11 is 7.75. The minimum absolute atomic E-state index is 0.0706. The average Bonchev–Trinajstić information content (AvgIpc) is 3.25. The Labute approximate surface area is 196 Å². The van der Waals surface area contributed by atoms with Crippen LogP contribution in [0.15, 0.2) is 35.6 Å². The summed E-state index contributed by atoms with van der Waals surface area (Å²) in [6.45, 7) is 7.92. The molecule has 1 saturated heterocycles. The molecule has 1 N–H and O–H groups in total. The van der Waals surface area contributed by atoms with E-state index in [9.17, 15) is 14.7 Å². The summed E-state index contributed by atoms with van der Waals surface area (Å²) in [5.41, 5.74) is 1.29. The number of halogens is 1. The number of morpholine rings is 1. The number of rotatable bonds is 7. The topological polar surface area (TPSA) is 83.0 Å². The van der Waals surface area contributed by atoms with E-state index in [-0.39, 0.29) is 11.4 Å². The molecule has 0 spiro atoms. The largest absolute Gasteiger partial charge is 0.503 e. The number of ketones is 1. The van der Waals surface area contributed by atoms with E-state index >= 15 is 0 Å². The highest BCUT2D eigenvalue weighted by atomic mass is 35.5. The minimum Gasteiger partial charge on any atom is -0.503 e. The Bertz CT molecular complexity index is 1060. The molecular weight excluding hydrogens is 450 g/mol. The van der Waals surface area contributed by atoms with Gasteiger partial charge in [0.2, 0.25) is 5.78 Å². The molecule has 1 unspecified atom stereocenters. The molecule has 1 amide bonds. The predicted octanol–water partition coefficient (Wildman–Crippen LogP) is 3.71. The first kappa shape index (κ1) is 22.9. The molecule has 1 aromatic heterocycles. The third-order valence-electron chi connectivity index (χ3n) is 5.83. The number of Topliss-reactive ketones (excluding diaryl/α,β-unsaturated/α-hetero) is 1. The van der Waals surface area contributed by atoms with Crippen LogP contribution in [0, 0.1) is 13.8 Å². The molecule has 0 bridgehead atoms. The van der Waals surface area contributed by atoms with Crippen molar-refractivity contribution in [1.82, 2.24) is 14.8 Å². The number of thiazole rings is 1. The van der Waals surface area contributed by atoms with Crippen molar-refractivity contribution in [2.45, 2.75) is 26.3 Å². The van der Waals surface area contributed by atoms with E-state index in [4.69, 9.17) is 16.3 Å². The number of amides is 1. The van der Waals surface area contributed by atoms with Crippen LogP contribution in [0.2, 0.25) is 5.02 Å². The van der Waals surface area contributed by atoms with Gasteiger partial charge < -0.3 is 14.7 Å². The molecule has 2 aromatic rings. The van der Waals surface area contributed by atoms with Crippen LogP contribution in [0.3, 0.4) is 0 Å². The van der Waals surface area contributed by atoms with Gasteiger partial charge in [-0.15, -0.1) is 11.3 Å². The van der Waals surface area contributed by atoms with Crippen molar-refractivity contribution in [1.29, 1.82) is 0 Å². The average molecular weight is 476 g/mol. The van der Waals surface area contributed by atoms with Crippen molar-refractivity contribution in [2.24, 2.45) is 0 Å². The van der Waals surface area contributed by atoms with Gasteiger partial charge >= 0.3 is 0 Å². The Morgan fingerprint density at radius 1 is 1.25 bits per heavy atom. The molecule has 1 atom stereocenters. The Kier molecular flexibility index (Phi) is 6.95. The third-order valence-corrected chi connectivity index (χ3v) is 7.25. The van der Waals surface area contributed by atoms with E-state index in [0.717, 1.165) is 24.6 Å². The van der Waals surface area contributed by atoms with Gasteiger partial charge in [-0.05, 0) is 31.9 Å². The lowest BCUT2D eigenvalue weighted by Crippen LogP contribution is -2.39. The van der Waals surface area contributed by atoms with E-state index in [2.05, 4.69) is 9.88 Å². The van der Waals surface area contributed by atoms with E-state index in [0.29, 0.717) is 47.3 Å². The summed E-state index contributed by atoms with van der Waals surface area (Å²) in [4.78, 5) is 35.2. The molecule has 1 aromatic carbocycles. The first-order valence-corrected chi connectivity index (χ1v) is 11.8. The Balaban J connectivity index is 1.65. The summed E-state index contributed by atoms with van der Waals surface area (Å²) in [5, 5.41) is 12.0. The number of hydrogen-bond acceptors (Lipinski definition) is 7. The zero-order valence-corrected chi connectivity index (χ0v) is 19.7. The van der Waals surface area contributed by atoms with Crippen LogP contribution in [0.5, 0.6) is 0 Å². The van der Waals surface area contributed by atoms with Crippen LogP contribution in [-0.4, -0.2) is 71.0 Å². The maximum atomic E-state index is 13.5. The smallest absolute Gasteiger partial charge is 0.290 e. The number of aryl methyl sites for hydroxylation is 2. The van der Waals surface area contributed by atoms with Gasteiger partial charge in [-0.3, -0.25) is 14.5 Å². The highest BCUT2D eigenvalue weighted by molar-refractivity contribution is 7.14. The molecule has 2 aliphatic rings. The number of aliphatic hydroxyl groups is 1. The van der Waals surface area contributed by atoms with E-state index in [1.165, 1.54) is 11.3 Å². The van der Waals surface area contributed by atoms with Crippen molar-refractivity contribution < 1.29 is 19.4 Å². The fraction of sp³-hybridized carbons (Fsp3) is 0.435. The molecule has 9 heteroatoms. The number of carbonyl (C=O) groups is 2. The molecule has 2 aliphatic heterocycles. The summed E-state index contributed by atoms with van der Waals surface area (Å²) in [6.07, 6.45) is 0.708. The van der Waals surface area contributed by atoms with Gasteiger partial charge in [0.25, 0.3) is 5.91 Å². The highest BCUT2D eigenvalue weighted by Gasteiger charge is 2.44. The molecule has 0 radical (unpaired) electrons. The third kappa shape index (κ3) is 4.45. The van der Waals surface area contributed by atoms with Gasteiger partial charge in [0.15, 0.2) is 5.76 Å². The fourth-order valence-electron chi connectivity index (χ4n) is 4.29. The monoisotopic (exact) mass is 475 g/mol. The zero-order chi connectivity index (χ0) is 22.8. The molecule has 7 nitrogen and oxygen atoms in total. The SMILES string of the molecule is Cc1nc(C)c(C(=O)C2=C(O)C(=O)N(CCCN3CCOCC3)C2c2ccccc2Cl)s1. The molecule has 170 valence electrons. The maximum absolute atomic E-state index is 13.5. The molecule has 32 heavy (non-hydrogen) atoms. The fourth-order valence-corrected chi connectivity index (χ4v) is 5.40. The Morgan fingerprint density at radius 3 is 2.62 bits per heavy atom. The molecule has 3 heterocycles. The number of aliphatic hydroxyl groups excluding tert-OH is 1. The number of benzene rings is 1. The number of carbonyl (C=O) groups excluding carboxylic acids is 2. The first-order chi connectivity index (χ1) is 15.4. The predicted molar refractivity (Wildman–Crippen MR) is 123 cm³/mol. The number of ether oxygens (including phenoxy) is 1. The van der Waals surface area contributed by atoms with Crippen LogP contribution in [0.25, 0.3) is 0 Å². The van der Waals surface area contributed by atoms with Crippen LogP contribution in [-0.2, 0) is 9.53 Å². The molecule has 4 rings (SSSR count). The van der Waals surface area contributed by atoms with Crippen LogP contribution < -0.4 is 0 Å². The summed E-state index contributed by atoms with van der Waals surface area (Å²) in [5.74, 6) is -1.42. The molecule has 0 aliphatic carbocycles. The Morgan fingerprint density at radius 2 is 1.97 bits per heavy atom. The molecular formula is C23H26ClN3O4S. The number of hydrogen-bond donors (Lipinski definition) is 1. The standard InChI is InChI=1S/C23H26ClN3O4S/c1-14-22(32-15(2)25-14)20(28)18-19(16-6-3-4-7-17(16)24)27(23(30)21(18)29)9-5-8-26-10-12-31-13-11-26/h3-4,6-7,19,29H,5,8-13H2,1-2H3. The second kappa shape index (κ2) is 9.70. The van der Waals surface area contributed by atoms with Gasteiger partial charge in [0.05, 0.1) is 40.4 Å². The van der Waals surface area contributed by atoms with Crippen molar-refractivity contribution in [3.05, 3.63) is 61.8 Å². The second-order valence-electron chi connectivity index (χ2n) is 7.97. The summed E-state index contributed by atoms with van der Waals surface area (Å²) in [6, 6.07) is 6.40. The quantitative estimate of drug-likeness (QED) is 0.614. The number of aromatic nitrogens is 1. The zero-order valence-electron chi connectivity index (χ0n) is 18.1. The van der Waals surface area contributed by atoms with Crippen molar-refractivity contribution >= 4 is 34.6 Å². The van der Waals surface area contributed by atoms with E-state index < -0.39 is 17.7 Å². The minimum atomic E-state index is -0.741. The van der Waals surface area contributed by atoms with Gasteiger partial charge in [0.1, 0.15) is 0 Å². The van der Waals surface area contributed by atoms with Crippen molar-refractivity contribution in [3.63, 3.8) is 0 Å². The maximum Gasteiger partial charge on any atom is 0.290 e. The van der Waals surface area contributed by atoms with Crippen LogP contribution in [0.4, 0.5) is 0 Å². The van der Waals surface area contributed by atoms with Gasteiger partial charge in [-0.25, -0.2) is 4.98 Å². The van der Waals surface area contributed by atoms with Gasteiger partial charge in [-0.1, -0.05) is 29.8 Å². The lowest BCUT2D eigenvalue weighted by molar-refractivity contribution is -0.129. The molecule has 1 fully saturated rings. The van der Waals surface area contributed by atoms with Crippen LogP contribution >= 0.6 is 22.9 Å². The first-order valence-electron chi connectivity index (χ1n) is 10.7. The van der Waals surface area contributed by atoms with E-state index in [1.807, 2.05) is 13.0 Å². The van der Waals surface area contributed by atoms with Crippen molar-refractivity contribution in [2.75, 3.05) is 39.4 Å². The molecule has 0 saturated carbocycles. The van der Waals surface area contributed by atoms with Crippen LogP contribution in [0.1, 0.15) is 38.4 Å². The lowest BCUT2D eigenvalue weighted by Gasteiger charge is -2.30.